The van der Waals surface area contributed by atoms with Crippen LogP contribution in [0.4, 0.5) is 0 Å². The first-order chi connectivity index (χ1) is 7.19. The van der Waals surface area contributed by atoms with Crippen molar-refractivity contribution in [2.45, 2.75) is 25.5 Å². The van der Waals surface area contributed by atoms with Crippen LogP contribution in [0.15, 0.2) is 24.3 Å². The number of para-hydroxylation sites is 1. The van der Waals surface area contributed by atoms with E-state index in [9.17, 15) is 0 Å². The molecule has 1 aromatic rings. The second-order valence-electron chi connectivity index (χ2n) is 3.63. The minimum absolute atomic E-state index is 0.0453. The third kappa shape index (κ3) is 3.22. The molecule has 0 aliphatic rings. The number of hydrogen-bond acceptors (Lipinski definition) is 3. The van der Waals surface area contributed by atoms with Crippen molar-refractivity contribution in [3.05, 3.63) is 29.8 Å². The van der Waals surface area contributed by atoms with Gasteiger partial charge in [-0.1, -0.05) is 18.2 Å². The minimum atomic E-state index is -0.0453. The first-order valence-electron chi connectivity index (χ1n) is 5.10. The summed E-state index contributed by atoms with van der Waals surface area (Å²) in [6, 6.07) is 7.78. The molecule has 0 bridgehead atoms. The quantitative estimate of drug-likeness (QED) is 0.807. The molecule has 3 nitrogen and oxygen atoms in total. The first kappa shape index (κ1) is 12.0. The van der Waals surface area contributed by atoms with Crippen molar-refractivity contribution in [1.29, 1.82) is 0 Å². The molecule has 84 valence electrons. The standard InChI is InChI=1S/C12H19NO2/c1-9(14-2)8-11(13)10-6-4-5-7-12(10)15-3/h4-7,9,11H,8,13H2,1-3H3. The number of hydrogen-bond donors (Lipinski definition) is 1. The molecule has 0 saturated carbocycles. The molecule has 0 fully saturated rings. The van der Waals surface area contributed by atoms with Gasteiger partial charge in [0, 0.05) is 18.7 Å². The lowest BCUT2D eigenvalue weighted by atomic mass is 10.0. The fourth-order valence-corrected chi connectivity index (χ4v) is 1.55. The maximum absolute atomic E-state index is 6.09. The molecular formula is C12H19NO2. The highest BCUT2D eigenvalue weighted by Gasteiger charge is 2.14. The fraction of sp³-hybridized carbons (Fsp3) is 0.500. The van der Waals surface area contributed by atoms with Gasteiger partial charge in [0.05, 0.1) is 13.2 Å². The third-order valence-corrected chi connectivity index (χ3v) is 2.53. The zero-order valence-corrected chi connectivity index (χ0v) is 9.57. The molecule has 1 aromatic carbocycles. The Balaban J connectivity index is 2.76. The van der Waals surface area contributed by atoms with E-state index in [0.717, 1.165) is 17.7 Å². The highest BCUT2D eigenvalue weighted by Crippen LogP contribution is 2.26. The molecule has 0 aliphatic heterocycles. The van der Waals surface area contributed by atoms with Gasteiger partial charge in [-0.25, -0.2) is 0 Å². The van der Waals surface area contributed by atoms with Crippen LogP contribution in [-0.4, -0.2) is 20.3 Å². The Morgan fingerprint density at radius 2 is 1.93 bits per heavy atom. The molecular weight excluding hydrogens is 190 g/mol. The Morgan fingerprint density at radius 1 is 1.27 bits per heavy atom. The summed E-state index contributed by atoms with van der Waals surface area (Å²) < 4.78 is 10.5. The maximum atomic E-state index is 6.09. The summed E-state index contributed by atoms with van der Waals surface area (Å²) in [5.74, 6) is 0.841. The molecule has 1 rings (SSSR count). The van der Waals surface area contributed by atoms with Crippen molar-refractivity contribution in [3.63, 3.8) is 0 Å². The van der Waals surface area contributed by atoms with E-state index in [1.807, 2.05) is 31.2 Å². The van der Waals surface area contributed by atoms with E-state index < -0.39 is 0 Å². The molecule has 2 unspecified atom stereocenters. The van der Waals surface area contributed by atoms with Gasteiger partial charge in [0.15, 0.2) is 0 Å². The first-order valence-corrected chi connectivity index (χ1v) is 5.10. The summed E-state index contributed by atoms with van der Waals surface area (Å²) >= 11 is 0. The van der Waals surface area contributed by atoms with E-state index in [1.165, 1.54) is 0 Å². The molecule has 0 heterocycles. The summed E-state index contributed by atoms with van der Waals surface area (Å²) in [5, 5.41) is 0. The average Bonchev–Trinajstić information content (AvgIpc) is 2.28. The van der Waals surface area contributed by atoms with Crippen molar-refractivity contribution in [2.24, 2.45) is 5.73 Å². The van der Waals surface area contributed by atoms with Crippen LogP contribution < -0.4 is 10.5 Å². The molecule has 0 spiro atoms. The van der Waals surface area contributed by atoms with Crippen LogP contribution in [-0.2, 0) is 4.74 Å². The zero-order chi connectivity index (χ0) is 11.3. The van der Waals surface area contributed by atoms with Crippen LogP contribution >= 0.6 is 0 Å². The Hall–Kier alpha value is -1.06. The van der Waals surface area contributed by atoms with Gasteiger partial charge in [0.1, 0.15) is 5.75 Å². The van der Waals surface area contributed by atoms with Crippen molar-refractivity contribution in [3.8, 4) is 5.75 Å². The topological polar surface area (TPSA) is 44.5 Å². The third-order valence-electron chi connectivity index (χ3n) is 2.53. The van der Waals surface area contributed by atoms with Gasteiger partial charge < -0.3 is 15.2 Å². The van der Waals surface area contributed by atoms with Crippen molar-refractivity contribution < 1.29 is 9.47 Å². The van der Waals surface area contributed by atoms with Crippen LogP contribution in [0.3, 0.4) is 0 Å². The smallest absolute Gasteiger partial charge is 0.123 e. The van der Waals surface area contributed by atoms with Gasteiger partial charge in [0.2, 0.25) is 0 Å². The maximum Gasteiger partial charge on any atom is 0.123 e. The lowest BCUT2D eigenvalue weighted by Crippen LogP contribution is -2.18. The van der Waals surface area contributed by atoms with Gasteiger partial charge in [-0.3, -0.25) is 0 Å². The van der Waals surface area contributed by atoms with E-state index >= 15 is 0 Å². The number of rotatable bonds is 5. The van der Waals surface area contributed by atoms with Crippen LogP contribution in [0.25, 0.3) is 0 Å². The summed E-state index contributed by atoms with van der Waals surface area (Å²) in [4.78, 5) is 0. The molecule has 0 amide bonds. The second-order valence-corrected chi connectivity index (χ2v) is 3.63. The predicted octanol–water partition coefficient (Wildman–Crippen LogP) is 2.12. The van der Waals surface area contributed by atoms with Gasteiger partial charge in [-0.05, 0) is 19.4 Å². The van der Waals surface area contributed by atoms with Gasteiger partial charge in [0.25, 0.3) is 0 Å². The van der Waals surface area contributed by atoms with Crippen LogP contribution in [0, 0.1) is 0 Å². The van der Waals surface area contributed by atoms with Crippen molar-refractivity contribution >= 4 is 0 Å². The fourth-order valence-electron chi connectivity index (χ4n) is 1.55. The van der Waals surface area contributed by atoms with E-state index in [2.05, 4.69) is 0 Å². The number of nitrogens with two attached hydrogens (primary N) is 1. The molecule has 0 radical (unpaired) electrons. The second kappa shape index (κ2) is 5.73. The summed E-state index contributed by atoms with van der Waals surface area (Å²) in [6.45, 7) is 2.01. The summed E-state index contributed by atoms with van der Waals surface area (Å²) in [7, 11) is 3.35. The normalized spacial score (nSPS) is 14.7. The van der Waals surface area contributed by atoms with E-state index in [0.29, 0.717) is 0 Å². The van der Waals surface area contributed by atoms with Crippen LogP contribution in [0.5, 0.6) is 5.75 Å². The van der Waals surface area contributed by atoms with E-state index in [-0.39, 0.29) is 12.1 Å². The average molecular weight is 209 g/mol. The van der Waals surface area contributed by atoms with Crippen molar-refractivity contribution in [1.82, 2.24) is 0 Å². The summed E-state index contributed by atoms with van der Waals surface area (Å²) in [5.41, 5.74) is 7.12. The monoisotopic (exact) mass is 209 g/mol. The number of ether oxygens (including phenoxy) is 2. The molecule has 0 aromatic heterocycles. The Labute approximate surface area is 91.2 Å². The molecule has 2 N–H and O–H groups in total. The lowest BCUT2D eigenvalue weighted by Gasteiger charge is -2.18. The zero-order valence-electron chi connectivity index (χ0n) is 9.57. The van der Waals surface area contributed by atoms with Gasteiger partial charge in [-0.15, -0.1) is 0 Å². The Bertz CT molecular complexity index is 301. The molecule has 3 heteroatoms. The van der Waals surface area contributed by atoms with Crippen LogP contribution in [0.1, 0.15) is 24.9 Å². The number of benzene rings is 1. The predicted molar refractivity (Wildman–Crippen MR) is 61.0 cm³/mol. The van der Waals surface area contributed by atoms with Gasteiger partial charge in [-0.2, -0.15) is 0 Å². The highest BCUT2D eigenvalue weighted by atomic mass is 16.5. The SMILES string of the molecule is COc1ccccc1C(N)CC(C)OC. The molecule has 2 atom stereocenters. The van der Waals surface area contributed by atoms with E-state index in [1.54, 1.807) is 14.2 Å². The minimum Gasteiger partial charge on any atom is -0.496 e. The van der Waals surface area contributed by atoms with Crippen LogP contribution in [0.2, 0.25) is 0 Å². The highest BCUT2D eigenvalue weighted by molar-refractivity contribution is 5.35. The largest absolute Gasteiger partial charge is 0.496 e. The van der Waals surface area contributed by atoms with Crippen molar-refractivity contribution in [2.75, 3.05) is 14.2 Å². The molecule has 15 heavy (non-hydrogen) atoms. The number of methoxy groups -OCH3 is 2. The molecule has 0 aliphatic carbocycles. The van der Waals surface area contributed by atoms with Gasteiger partial charge >= 0.3 is 0 Å². The lowest BCUT2D eigenvalue weighted by molar-refractivity contribution is 0.104. The molecule has 0 saturated heterocycles. The Kier molecular flexibility index (Phi) is 4.59. The summed E-state index contributed by atoms with van der Waals surface area (Å²) in [6.07, 6.45) is 0.946. The Morgan fingerprint density at radius 3 is 2.53 bits per heavy atom. The van der Waals surface area contributed by atoms with E-state index in [4.69, 9.17) is 15.2 Å².